The molecule has 2 aliphatic heterocycles. The van der Waals surface area contributed by atoms with Gasteiger partial charge in [0.2, 0.25) is 0 Å². The Morgan fingerprint density at radius 2 is 2.04 bits per heavy atom. The van der Waals surface area contributed by atoms with Gasteiger partial charge in [0.1, 0.15) is 6.20 Å². The molecule has 0 atom stereocenters. The molecule has 1 amide bonds. The number of anilines is 1. The highest BCUT2D eigenvalue weighted by molar-refractivity contribution is 8.18. The number of hydrogen-bond acceptors (Lipinski definition) is 5. The number of aromatic nitrogens is 1. The summed E-state index contributed by atoms with van der Waals surface area (Å²) in [5.41, 5.74) is 3.39. The summed E-state index contributed by atoms with van der Waals surface area (Å²) in [7, 11) is 4.00. The molecule has 1 aromatic carbocycles. The molecule has 142 valence electrons. The van der Waals surface area contributed by atoms with Gasteiger partial charge in [-0.15, -0.1) is 0 Å². The zero-order valence-corrected chi connectivity index (χ0v) is 17.6. The second kappa shape index (κ2) is 7.77. The van der Waals surface area contributed by atoms with Crippen molar-refractivity contribution < 1.29 is 9.36 Å². The molecule has 0 unspecified atom stereocenters. The first-order chi connectivity index (χ1) is 13.6. The van der Waals surface area contributed by atoms with E-state index in [2.05, 4.69) is 29.2 Å². The Labute approximate surface area is 173 Å². The number of carbonyl (C=O) groups excluding carboxylic acids is 1. The summed E-state index contributed by atoms with van der Waals surface area (Å²) in [5.74, 6) is 0.00477. The molecule has 7 heteroatoms. The number of thioether (sulfide) groups is 1. The smallest absolute Gasteiger partial charge is 0.344 e. The quantitative estimate of drug-likeness (QED) is 0.566. The van der Waals surface area contributed by atoms with E-state index in [1.54, 1.807) is 16.2 Å². The molecule has 4 rings (SSSR count). The summed E-state index contributed by atoms with van der Waals surface area (Å²) in [6, 6.07) is 8.27. The fourth-order valence-corrected chi connectivity index (χ4v) is 4.86. The monoisotopic (exact) mass is 409 g/mol. The van der Waals surface area contributed by atoms with E-state index in [-0.39, 0.29) is 5.91 Å². The van der Waals surface area contributed by atoms with E-state index >= 15 is 0 Å². The van der Waals surface area contributed by atoms with Crippen molar-refractivity contribution in [1.82, 2.24) is 4.90 Å². The molecule has 3 heterocycles. The lowest BCUT2D eigenvalue weighted by atomic mass is 10.1. The van der Waals surface area contributed by atoms with Crippen LogP contribution in [0, 0.1) is 0 Å². The minimum Gasteiger partial charge on any atom is -0.344 e. The minimum absolute atomic E-state index is 0.00477. The fourth-order valence-electron chi connectivity index (χ4n) is 3.09. The van der Waals surface area contributed by atoms with Gasteiger partial charge in [-0.2, -0.15) is 0 Å². The second-order valence-electron chi connectivity index (χ2n) is 6.42. The molecule has 0 saturated carbocycles. The van der Waals surface area contributed by atoms with Gasteiger partial charge in [-0.1, -0.05) is 35.6 Å². The molecule has 0 spiro atoms. The van der Waals surface area contributed by atoms with Crippen LogP contribution in [-0.4, -0.2) is 29.6 Å². The third-order valence-corrected chi connectivity index (χ3v) is 6.55. The van der Waals surface area contributed by atoms with Gasteiger partial charge in [0.15, 0.2) is 0 Å². The van der Waals surface area contributed by atoms with Crippen LogP contribution in [0.25, 0.3) is 6.08 Å². The molecular formula is C21H21N4OS2+. The van der Waals surface area contributed by atoms with Crippen LogP contribution < -0.4 is 9.47 Å². The number of amidine groups is 1. The normalized spacial score (nSPS) is 20.7. The van der Waals surface area contributed by atoms with Gasteiger partial charge in [0.05, 0.1) is 12.0 Å². The van der Waals surface area contributed by atoms with E-state index < -0.39 is 0 Å². The molecule has 0 bridgehead atoms. The Bertz CT molecular complexity index is 1050. The van der Waals surface area contributed by atoms with Gasteiger partial charge >= 0.3 is 5.13 Å². The number of hydrogen-bond donors (Lipinski definition) is 0. The standard InChI is InChI=1S/C21H21N4OS2/c1-4-25-19(26)18(28-21(25)22-20-23(2)13-14-27-20)12-11-16-10-9-15-7-5-6-8-17(15)24(16)3/h5-14H,4H2,1-3H3/q+1/b16-11-,18-12-. The number of aliphatic imine (C=N–C) groups is 1. The third kappa shape index (κ3) is 3.43. The second-order valence-corrected chi connectivity index (χ2v) is 8.30. The Kier molecular flexibility index (Phi) is 5.19. The van der Waals surface area contributed by atoms with Crippen molar-refractivity contribution in [3.8, 4) is 0 Å². The molecular weight excluding hydrogens is 388 g/mol. The molecule has 0 aliphatic carbocycles. The number of nitrogens with zero attached hydrogens (tertiary/aromatic N) is 4. The van der Waals surface area contributed by atoms with Crippen molar-refractivity contribution in [1.29, 1.82) is 0 Å². The van der Waals surface area contributed by atoms with Gasteiger partial charge < -0.3 is 4.90 Å². The number of benzene rings is 1. The van der Waals surface area contributed by atoms with Crippen molar-refractivity contribution in [3.05, 3.63) is 70.2 Å². The molecule has 1 fully saturated rings. The SMILES string of the molecule is CCN1C(=O)/C(=C/C=C2/C=Cc3ccccc3N2C)S/C1=N\c1scc[n+]1C. The van der Waals surface area contributed by atoms with Gasteiger partial charge in [-0.3, -0.25) is 9.69 Å². The number of aryl methyl sites for hydroxylation is 1. The maximum absolute atomic E-state index is 12.8. The van der Waals surface area contributed by atoms with E-state index in [4.69, 9.17) is 4.99 Å². The van der Waals surface area contributed by atoms with Crippen LogP contribution in [-0.2, 0) is 11.8 Å². The molecule has 1 saturated heterocycles. The number of thiazole rings is 1. The van der Waals surface area contributed by atoms with Crippen molar-refractivity contribution in [3.63, 3.8) is 0 Å². The van der Waals surface area contributed by atoms with Crippen LogP contribution in [0.4, 0.5) is 10.8 Å². The number of fused-ring (bicyclic) bond motifs is 1. The van der Waals surface area contributed by atoms with Crippen LogP contribution in [0.2, 0.25) is 0 Å². The largest absolute Gasteiger partial charge is 0.384 e. The number of rotatable bonds is 3. The number of allylic oxidation sites excluding steroid dienone is 3. The van der Waals surface area contributed by atoms with Crippen LogP contribution in [0.1, 0.15) is 12.5 Å². The summed E-state index contributed by atoms with van der Waals surface area (Å²) in [4.78, 5) is 22.0. The van der Waals surface area contributed by atoms with Crippen LogP contribution >= 0.6 is 23.1 Å². The summed E-state index contributed by atoms with van der Waals surface area (Å²) in [5, 5.41) is 3.59. The van der Waals surface area contributed by atoms with E-state index in [0.717, 1.165) is 21.7 Å². The number of para-hydroxylation sites is 1. The van der Waals surface area contributed by atoms with Crippen molar-refractivity contribution >= 4 is 51.1 Å². The maximum Gasteiger partial charge on any atom is 0.384 e. The average molecular weight is 410 g/mol. The Hall–Kier alpha value is -2.64. The van der Waals surface area contributed by atoms with Gasteiger partial charge in [0.25, 0.3) is 11.1 Å². The first kappa shape index (κ1) is 18.7. The lowest BCUT2D eigenvalue weighted by Gasteiger charge is -2.26. The lowest BCUT2D eigenvalue weighted by molar-refractivity contribution is -0.653. The van der Waals surface area contributed by atoms with Crippen LogP contribution in [0.3, 0.4) is 0 Å². The highest BCUT2D eigenvalue weighted by Crippen LogP contribution is 2.34. The Balaban J connectivity index is 1.62. The van der Waals surface area contributed by atoms with Gasteiger partial charge in [-0.25, -0.2) is 4.57 Å². The predicted octanol–water partition coefficient (Wildman–Crippen LogP) is 4.09. The van der Waals surface area contributed by atoms with Crippen LogP contribution in [0.5, 0.6) is 0 Å². The average Bonchev–Trinajstić information content (AvgIpc) is 3.24. The summed E-state index contributed by atoms with van der Waals surface area (Å²) in [6.07, 6.45) is 10.0. The van der Waals surface area contributed by atoms with E-state index in [9.17, 15) is 4.79 Å². The highest BCUT2D eigenvalue weighted by atomic mass is 32.2. The molecule has 0 radical (unpaired) electrons. The summed E-state index contributed by atoms with van der Waals surface area (Å²) < 4.78 is 1.96. The zero-order valence-electron chi connectivity index (χ0n) is 16.0. The molecule has 0 N–H and O–H groups in total. The highest BCUT2D eigenvalue weighted by Gasteiger charge is 2.36. The number of likely N-dealkylation sites (N-methyl/N-ethyl adjacent to an activating group) is 2. The number of carbonyl (C=O) groups is 1. The molecule has 5 nitrogen and oxygen atoms in total. The maximum atomic E-state index is 12.8. The summed E-state index contributed by atoms with van der Waals surface area (Å²) in [6.45, 7) is 2.57. The molecule has 28 heavy (non-hydrogen) atoms. The van der Waals surface area contributed by atoms with E-state index in [1.807, 2.05) is 61.4 Å². The van der Waals surface area contributed by atoms with Gasteiger partial charge in [-0.05, 0) is 53.5 Å². The minimum atomic E-state index is 0.00477. The van der Waals surface area contributed by atoms with E-state index in [1.165, 1.54) is 17.3 Å². The Morgan fingerprint density at radius 3 is 2.79 bits per heavy atom. The van der Waals surface area contributed by atoms with Crippen LogP contribution in [0.15, 0.2) is 69.7 Å². The van der Waals surface area contributed by atoms with Crippen molar-refractivity contribution in [2.24, 2.45) is 12.0 Å². The fraction of sp³-hybridized carbons (Fsp3) is 0.190. The van der Waals surface area contributed by atoms with Gasteiger partial charge in [0, 0.05) is 30.4 Å². The first-order valence-electron chi connectivity index (χ1n) is 9.03. The lowest BCUT2D eigenvalue weighted by Crippen LogP contribution is -2.30. The zero-order chi connectivity index (χ0) is 19.7. The van der Waals surface area contributed by atoms with E-state index in [0.29, 0.717) is 11.4 Å². The topological polar surface area (TPSA) is 39.8 Å². The first-order valence-corrected chi connectivity index (χ1v) is 10.7. The molecule has 2 aliphatic rings. The van der Waals surface area contributed by atoms with Crippen molar-refractivity contribution in [2.75, 3.05) is 18.5 Å². The van der Waals surface area contributed by atoms with Crippen molar-refractivity contribution in [2.45, 2.75) is 6.92 Å². The Morgan fingerprint density at radius 1 is 1.21 bits per heavy atom. The molecule has 2 aromatic rings. The third-order valence-electron chi connectivity index (χ3n) is 4.68. The predicted molar refractivity (Wildman–Crippen MR) is 118 cm³/mol. The summed E-state index contributed by atoms with van der Waals surface area (Å²) >= 11 is 2.99. The molecule has 1 aromatic heterocycles. The number of amides is 1.